The van der Waals surface area contributed by atoms with Gasteiger partial charge in [-0.05, 0) is 12.5 Å². The number of non-ortho nitro benzene ring substituents is 1. The number of H-pyrrole nitrogens is 1. The minimum Gasteiger partial charge on any atom is -0.420 e. The highest BCUT2D eigenvalue weighted by Gasteiger charge is 2.33. The van der Waals surface area contributed by atoms with Gasteiger partial charge in [-0.1, -0.05) is 12.1 Å². The number of hydrogen-bond donors (Lipinski definition) is 2. The highest BCUT2D eigenvalue weighted by atomic mass is 16.6. The molecular weight excluding hydrogens is 286 g/mol. The number of aromatic nitrogens is 2. The van der Waals surface area contributed by atoms with E-state index in [2.05, 4.69) is 9.97 Å². The zero-order valence-corrected chi connectivity index (χ0v) is 11.5. The molecule has 1 aliphatic rings. The van der Waals surface area contributed by atoms with Crippen LogP contribution in [-0.4, -0.2) is 14.9 Å². The Labute approximate surface area is 125 Å². The number of hydrogen-bond acceptors (Lipinski definition) is 6. The number of imidazole rings is 1. The van der Waals surface area contributed by atoms with Gasteiger partial charge < -0.3 is 15.5 Å². The third-order valence-corrected chi connectivity index (χ3v) is 3.40. The largest absolute Gasteiger partial charge is 0.420 e. The molecule has 0 radical (unpaired) electrons. The van der Waals surface area contributed by atoms with Crippen LogP contribution in [0.25, 0.3) is 0 Å². The zero-order valence-electron chi connectivity index (χ0n) is 11.5. The first-order chi connectivity index (χ1) is 10.5. The van der Waals surface area contributed by atoms with Gasteiger partial charge in [0.25, 0.3) is 5.69 Å². The van der Waals surface area contributed by atoms with E-state index in [0.717, 1.165) is 0 Å². The fourth-order valence-electron chi connectivity index (χ4n) is 2.48. The van der Waals surface area contributed by atoms with E-state index in [4.69, 9.17) is 10.5 Å². The van der Waals surface area contributed by atoms with Gasteiger partial charge in [0.15, 0.2) is 0 Å². The molecule has 0 spiro atoms. The second kappa shape index (κ2) is 4.89. The van der Waals surface area contributed by atoms with Gasteiger partial charge >= 0.3 is 0 Å². The lowest BCUT2D eigenvalue weighted by Crippen LogP contribution is -2.21. The first-order valence-electron chi connectivity index (χ1n) is 6.39. The Bertz CT molecular complexity index is 846. The van der Waals surface area contributed by atoms with Crippen LogP contribution >= 0.6 is 0 Å². The maximum Gasteiger partial charge on any atom is 0.269 e. The molecule has 8 heteroatoms. The summed E-state index contributed by atoms with van der Waals surface area (Å²) in [6, 6.07) is 8.09. The highest BCUT2D eigenvalue weighted by Crippen LogP contribution is 2.41. The number of nitriles is 1. The Balaban J connectivity index is 2.21. The van der Waals surface area contributed by atoms with Crippen molar-refractivity contribution in [3.05, 3.63) is 62.9 Å². The van der Waals surface area contributed by atoms with Gasteiger partial charge in [0, 0.05) is 12.1 Å². The molecular formula is C14H11N5O3. The Kier molecular flexibility index (Phi) is 3.03. The topological polar surface area (TPSA) is 131 Å². The molecule has 0 fully saturated rings. The van der Waals surface area contributed by atoms with Crippen molar-refractivity contribution >= 4 is 5.69 Å². The van der Waals surface area contributed by atoms with Crippen molar-refractivity contribution in [2.24, 2.45) is 5.73 Å². The third-order valence-electron chi connectivity index (χ3n) is 3.40. The summed E-state index contributed by atoms with van der Waals surface area (Å²) in [5, 5.41) is 20.3. The van der Waals surface area contributed by atoms with Crippen LogP contribution < -0.4 is 10.5 Å². The van der Waals surface area contributed by atoms with Crippen molar-refractivity contribution in [3.63, 3.8) is 0 Å². The molecule has 0 bridgehead atoms. The second-order valence-electron chi connectivity index (χ2n) is 4.82. The van der Waals surface area contributed by atoms with Gasteiger partial charge in [-0.2, -0.15) is 10.2 Å². The van der Waals surface area contributed by atoms with E-state index in [-0.39, 0.29) is 23.0 Å². The lowest BCUT2D eigenvalue weighted by Gasteiger charge is -2.22. The van der Waals surface area contributed by atoms with Gasteiger partial charge in [-0.3, -0.25) is 10.1 Å². The molecule has 1 aromatic carbocycles. The van der Waals surface area contributed by atoms with Gasteiger partial charge in [0.2, 0.25) is 11.8 Å². The SMILES string of the molecule is Cc1nc2c([nH]1)C(c1cccc([N+](=O)[O-])c1)C(C#N)=C(N)O2. The molecule has 0 saturated heterocycles. The summed E-state index contributed by atoms with van der Waals surface area (Å²) in [4.78, 5) is 17.7. The fourth-order valence-corrected chi connectivity index (χ4v) is 2.48. The number of nitrogens with two attached hydrogens (primary N) is 1. The maximum absolute atomic E-state index is 11.0. The molecule has 2 aromatic rings. The molecule has 1 aromatic heterocycles. The van der Waals surface area contributed by atoms with Gasteiger partial charge in [0.1, 0.15) is 17.5 Å². The van der Waals surface area contributed by atoms with Crippen LogP contribution in [0.4, 0.5) is 5.69 Å². The third kappa shape index (κ3) is 2.05. The maximum atomic E-state index is 11.0. The number of aryl methyl sites for hydroxylation is 1. The number of aromatic amines is 1. The van der Waals surface area contributed by atoms with E-state index in [1.807, 2.05) is 6.07 Å². The van der Waals surface area contributed by atoms with E-state index in [9.17, 15) is 15.4 Å². The number of nitro benzene ring substituents is 1. The van der Waals surface area contributed by atoms with Gasteiger partial charge in [0.05, 0.1) is 16.5 Å². The van der Waals surface area contributed by atoms with Crippen molar-refractivity contribution in [3.8, 4) is 11.9 Å². The minimum absolute atomic E-state index is 0.0435. The molecule has 2 heterocycles. The number of allylic oxidation sites excluding steroid dienone is 1. The van der Waals surface area contributed by atoms with Crippen molar-refractivity contribution in [2.75, 3.05) is 0 Å². The number of nitrogens with zero attached hydrogens (tertiary/aromatic N) is 3. The Morgan fingerprint density at radius 3 is 3.00 bits per heavy atom. The van der Waals surface area contributed by atoms with Crippen molar-refractivity contribution in [1.82, 2.24) is 9.97 Å². The summed E-state index contributed by atoms with van der Waals surface area (Å²) >= 11 is 0. The van der Waals surface area contributed by atoms with E-state index in [1.165, 1.54) is 12.1 Å². The van der Waals surface area contributed by atoms with E-state index < -0.39 is 10.8 Å². The molecule has 8 nitrogen and oxygen atoms in total. The monoisotopic (exact) mass is 297 g/mol. The summed E-state index contributed by atoms with van der Waals surface area (Å²) in [6.07, 6.45) is 0. The molecule has 1 unspecified atom stereocenters. The summed E-state index contributed by atoms with van der Waals surface area (Å²) in [5.74, 6) is 0.269. The standard InChI is InChI=1S/C14H11N5O3/c1-7-17-12-11(8-3-2-4-9(5-8)19(20)21)10(6-15)13(16)22-14(12)18-7/h2-5,11H,16H2,1H3,(H,17,18). The Morgan fingerprint density at radius 2 is 2.32 bits per heavy atom. The first-order valence-corrected chi connectivity index (χ1v) is 6.39. The molecule has 0 amide bonds. The average Bonchev–Trinajstić information content (AvgIpc) is 2.85. The Morgan fingerprint density at radius 1 is 1.55 bits per heavy atom. The normalized spacial score (nSPS) is 16.6. The molecule has 1 aliphatic heterocycles. The summed E-state index contributed by atoms with van der Waals surface area (Å²) in [7, 11) is 0. The number of nitro groups is 1. The first kappa shape index (κ1) is 13.6. The number of fused-ring (bicyclic) bond motifs is 1. The molecule has 3 N–H and O–H groups in total. The van der Waals surface area contributed by atoms with Crippen molar-refractivity contribution < 1.29 is 9.66 Å². The highest BCUT2D eigenvalue weighted by molar-refractivity contribution is 5.53. The fraction of sp³-hybridized carbons (Fsp3) is 0.143. The second-order valence-corrected chi connectivity index (χ2v) is 4.82. The molecule has 22 heavy (non-hydrogen) atoms. The van der Waals surface area contributed by atoms with Crippen molar-refractivity contribution in [2.45, 2.75) is 12.8 Å². The van der Waals surface area contributed by atoms with Crippen LogP contribution in [0.5, 0.6) is 5.88 Å². The summed E-state index contributed by atoms with van der Waals surface area (Å²) in [6.45, 7) is 1.74. The van der Waals surface area contributed by atoms with E-state index >= 15 is 0 Å². The quantitative estimate of drug-likeness (QED) is 0.642. The van der Waals surface area contributed by atoms with Crippen LogP contribution in [0.15, 0.2) is 35.7 Å². The average molecular weight is 297 g/mol. The molecule has 0 aliphatic carbocycles. The van der Waals surface area contributed by atoms with Crippen LogP contribution in [-0.2, 0) is 0 Å². The Hall–Kier alpha value is -3.34. The van der Waals surface area contributed by atoms with Gasteiger partial charge in [-0.15, -0.1) is 0 Å². The number of benzene rings is 1. The number of rotatable bonds is 2. The predicted octanol–water partition coefficient (Wildman–Crippen LogP) is 1.84. The van der Waals surface area contributed by atoms with Gasteiger partial charge in [-0.25, -0.2) is 0 Å². The van der Waals surface area contributed by atoms with Crippen LogP contribution in [0.3, 0.4) is 0 Å². The zero-order chi connectivity index (χ0) is 15.9. The molecule has 0 saturated carbocycles. The lowest BCUT2D eigenvalue weighted by atomic mass is 9.87. The minimum atomic E-state index is -0.574. The van der Waals surface area contributed by atoms with Crippen LogP contribution in [0.1, 0.15) is 23.0 Å². The summed E-state index contributed by atoms with van der Waals surface area (Å²) < 4.78 is 5.34. The lowest BCUT2D eigenvalue weighted by molar-refractivity contribution is -0.384. The molecule has 3 rings (SSSR count). The van der Waals surface area contributed by atoms with E-state index in [0.29, 0.717) is 17.1 Å². The molecule has 1 atom stereocenters. The van der Waals surface area contributed by atoms with Crippen molar-refractivity contribution in [1.29, 1.82) is 5.26 Å². The van der Waals surface area contributed by atoms with Crippen LogP contribution in [0, 0.1) is 28.4 Å². The molecule has 110 valence electrons. The number of ether oxygens (including phenoxy) is 1. The predicted molar refractivity (Wildman–Crippen MR) is 75.7 cm³/mol. The smallest absolute Gasteiger partial charge is 0.269 e. The summed E-state index contributed by atoms with van der Waals surface area (Å²) in [5.41, 5.74) is 7.05. The number of nitrogens with one attached hydrogen (secondary N) is 1. The van der Waals surface area contributed by atoms with Crippen LogP contribution in [0.2, 0.25) is 0 Å². The van der Waals surface area contributed by atoms with E-state index in [1.54, 1.807) is 19.1 Å².